The van der Waals surface area contributed by atoms with E-state index in [9.17, 15) is 9.90 Å². The Balaban J connectivity index is 1.89. The van der Waals surface area contributed by atoms with Gasteiger partial charge >= 0.3 is 5.97 Å². The number of rotatable bonds is 5. The number of carboxylic acid groups (broad SMARTS) is 1. The Hall–Kier alpha value is -2.17. The van der Waals surface area contributed by atoms with E-state index in [4.69, 9.17) is 0 Å². The lowest BCUT2D eigenvalue weighted by atomic mass is 10.1. The minimum Gasteiger partial charge on any atom is -0.476 e. The van der Waals surface area contributed by atoms with E-state index < -0.39 is 5.97 Å². The van der Waals surface area contributed by atoms with Crippen molar-refractivity contribution in [3.05, 3.63) is 46.3 Å². The number of carbonyl (C=O) groups is 1. The van der Waals surface area contributed by atoms with Gasteiger partial charge in [-0.25, -0.2) is 9.48 Å². The molecule has 0 radical (unpaired) electrons. The van der Waals surface area contributed by atoms with Crippen LogP contribution in [0, 0.1) is 0 Å². The highest BCUT2D eigenvalue weighted by molar-refractivity contribution is 5.86. The van der Waals surface area contributed by atoms with E-state index in [0.717, 1.165) is 18.4 Å². The maximum absolute atomic E-state index is 11.2. The van der Waals surface area contributed by atoms with Crippen molar-refractivity contribution in [2.45, 2.75) is 45.6 Å². The fourth-order valence-electron chi connectivity index (χ4n) is 3.01. The SMILES string of the molecule is CCCc1c(C(=O)O)nnn1Cc1ccc2c(c1)CCC2. The van der Waals surface area contributed by atoms with Crippen LogP contribution >= 0.6 is 0 Å². The third-order valence-corrected chi connectivity index (χ3v) is 4.02. The molecule has 21 heavy (non-hydrogen) atoms. The lowest BCUT2D eigenvalue weighted by Gasteiger charge is -2.08. The van der Waals surface area contributed by atoms with Crippen molar-refractivity contribution in [2.75, 3.05) is 0 Å². The molecule has 0 fully saturated rings. The molecule has 110 valence electrons. The topological polar surface area (TPSA) is 68.0 Å². The normalized spacial score (nSPS) is 13.4. The molecule has 5 nitrogen and oxygen atoms in total. The number of aromatic carboxylic acids is 1. The van der Waals surface area contributed by atoms with Crippen LogP contribution < -0.4 is 0 Å². The molecule has 0 saturated carbocycles. The molecular weight excluding hydrogens is 266 g/mol. The molecule has 1 aliphatic carbocycles. The van der Waals surface area contributed by atoms with E-state index in [2.05, 4.69) is 28.5 Å². The number of aromatic nitrogens is 3. The van der Waals surface area contributed by atoms with Gasteiger partial charge in [0.25, 0.3) is 0 Å². The molecule has 0 spiro atoms. The second-order valence-electron chi connectivity index (χ2n) is 5.55. The molecule has 0 unspecified atom stereocenters. The van der Waals surface area contributed by atoms with Crippen LogP contribution in [-0.4, -0.2) is 26.1 Å². The van der Waals surface area contributed by atoms with Gasteiger partial charge in [0.05, 0.1) is 12.2 Å². The Morgan fingerprint density at radius 1 is 1.33 bits per heavy atom. The first kappa shape index (κ1) is 13.8. The van der Waals surface area contributed by atoms with Crippen LogP contribution in [0.1, 0.15) is 52.6 Å². The van der Waals surface area contributed by atoms with E-state index in [1.165, 1.54) is 24.0 Å². The molecule has 5 heteroatoms. The summed E-state index contributed by atoms with van der Waals surface area (Å²) in [5.74, 6) is -1.00. The lowest BCUT2D eigenvalue weighted by molar-refractivity contribution is 0.0689. The predicted octanol–water partition coefficient (Wildman–Crippen LogP) is 2.47. The number of hydrogen-bond acceptors (Lipinski definition) is 3. The first-order valence-electron chi connectivity index (χ1n) is 7.45. The highest BCUT2D eigenvalue weighted by atomic mass is 16.4. The third-order valence-electron chi connectivity index (χ3n) is 4.02. The molecule has 1 aromatic carbocycles. The van der Waals surface area contributed by atoms with E-state index in [1.807, 2.05) is 6.92 Å². The highest BCUT2D eigenvalue weighted by Crippen LogP contribution is 2.23. The van der Waals surface area contributed by atoms with Crippen LogP contribution in [0.15, 0.2) is 18.2 Å². The Kier molecular flexibility index (Phi) is 3.73. The third kappa shape index (κ3) is 2.68. The molecular formula is C16H19N3O2. The molecule has 0 bridgehead atoms. The van der Waals surface area contributed by atoms with Crippen molar-refractivity contribution in [3.63, 3.8) is 0 Å². The zero-order valence-corrected chi connectivity index (χ0v) is 12.2. The van der Waals surface area contributed by atoms with Gasteiger partial charge in [-0.15, -0.1) is 5.10 Å². The van der Waals surface area contributed by atoms with E-state index in [0.29, 0.717) is 18.7 Å². The number of fused-ring (bicyclic) bond motifs is 1. The molecule has 3 rings (SSSR count). The van der Waals surface area contributed by atoms with Gasteiger partial charge in [0.1, 0.15) is 0 Å². The zero-order valence-electron chi connectivity index (χ0n) is 12.2. The molecule has 0 atom stereocenters. The van der Waals surface area contributed by atoms with Gasteiger partial charge in [0.15, 0.2) is 5.69 Å². The molecule has 0 aliphatic heterocycles. The highest BCUT2D eigenvalue weighted by Gasteiger charge is 2.18. The monoisotopic (exact) mass is 285 g/mol. The summed E-state index contributed by atoms with van der Waals surface area (Å²) in [5.41, 5.74) is 4.82. The van der Waals surface area contributed by atoms with Crippen LogP contribution in [0.4, 0.5) is 0 Å². The maximum atomic E-state index is 11.2. The van der Waals surface area contributed by atoms with Gasteiger partial charge in [-0.3, -0.25) is 0 Å². The van der Waals surface area contributed by atoms with Gasteiger partial charge < -0.3 is 5.11 Å². The predicted molar refractivity (Wildman–Crippen MR) is 78.5 cm³/mol. The summed E-state index contributed by atoms with van der Waals surface area (Å²) < 4.78 is 1.73. The summed E-state index contributed by atoms with van der Waals surface area (Å²) >= 11 is 0. The summed E-state index contributed by atoms with van der Waals surface area (Å²) in [6.45, 7) is 2.61. The van der Waals surface area contributed by atoms with Gasteiger partial charge in [-0.05, 0) is 42.4 Å². The summed E-state index contributed by atoms with van der Waals surface area (Å²) in [6, 6.07) is 6.52. The quantitative estimate of drug-likeness (QED) is 0.916. The molecule has 2 aromatic rings. The van der Waals surface area contributed by atoms with Gasteiger partial charge in [-0.2, -0.15) is 0 Å². The summed E-state index contributed by atoms with van der Waals surface area (Å²) in [6.07, 6.45) is 5.09. The van der Waals surface area contributed by atoms with Crippen molar-refractivity contribution >= 4 is 5.97 Å². The van der Waals surface area contributed by atoms with Gasteiger partial charge in [0.2, 0.25) is 0 Å². The summed E-state index contributed by atoms with van der Waals surface area (Å²) in [4.78, 5) is 11.2. The fourth-order valence-corrected chi connectivity index (χ4v) is 3.01. The number of nitrogens with zero attached hydrogens (tertiary/aromatic N) is 3. The minimum absolute atomic E-state index is 0.0815. The Bertz CT molecular complexity index is 676. The van der Waals surface area contributed by atoms with Crippen molar-refractivity contribution in [2.24, 2.45) is 0 Å². The fraction of sp³-hybridized carbons (Fsp3) is 0.438. The van der Waals surface area contributed by atoms with Crippen LogP contribution in [0.5, 0.6) is 0 Å². The van der Waals surface area contributed by atoms with Crippen LogP contribution in [0.3, 0.4) is 0 Å². The summed E-state index contributed by atoms with van der Waals surface area (Å²) in [5, 5.41) is 17.0. The maximum Gasteiger partial charge on any atom is 0.358 e. The molecule has 0 amide bonds. The van der Waals surface area contributed by atoms with Crippen LogP contribution in [0.25, 0.3) is 0 Å². The van der Waals surface area contributed by atoms with Gasteiger partial charge in [0, 0.05) is 0 Å². The molecule has 1 aliphatic rings. The van der Waals surface area contributed by atoms with Gasteiger partial charge in [-0.1, -0.05) is 36.8 Å². The average molecular weight is 285 g/mol. The van der Waals surface area contributed by atoms with E-state index >= 15 is 0 Å². The lowest BCUT2D eigenvalue weighted by Crippen LogP contribution is -2.09. The second-order valence-corrected chi connectivity index (χ2v) is 5.55. The summed E-state index contributed by atoms with van der Waals surface area (Å²) in [7, 11) is 0. The molecule has 0 saturated heterocycles. The second kappa shape index (κ2) is 5.68. The van der Waals surface area contributed by atoms with Crippen LogP contribution in [-0.2, 0) is 25.8 Å². The molecule has 1 heterocycles. The number of aryl methyl sites for hydroxylation is 2. The van der Waals surface area contributed by atoms with E-state index in [1.54, 1.807) is 4.68 Å². The first-order valence-corrected chi connectivity index (χ1v) is 7.45. The van der Waals surface area contributed by atoms with Crippen molar-refractivity contribution in [1.82, 2.24) is 15.0 Å². The van der Waals surface area contributed by atoms with Crippen molar-refractivity contribution < 1.29 is 9.90 Å². The first-order chi connectivity index (χ1) is 10.2. The molecule has 1 aromatic heterocycles. The number of carboxylic acids is 1. The van der Waals surface area contributed by atoms with E-state index in [-0.39, 0.29) is 5.69 Å². The Morgan fingerprint density at radius 2 is 2.14 bits per heavy atom. The van der Waals surface area contributed by atoms with Crippen molar-refractivity contribution in [1.29, 1.82) is 0 Å². The zero-order chi connectivity index (χ0) is 14.8. The minimum atomic E-state index is -1.00. The van der Waals surface area contributed by atoms with Crippen molar-refractivity contribution in [3.8, 4) is 0 Å². The molecule has 1 N–H and O–H groups in total. The standard InChI is InChI=1S/C16H19N3O2/c1-2-4-14-15(16(20)21)17-18-19(14)10-11-7-8-12-5-3-6-13(12)9-11/h7-9H,2-6,10H2,1H3,(H,20,21). The average Bonchev–Trinajstić information content (AvgIpc) is 3.06. The van der Waals surface area contributed by atoms with Crippen LogP contribution in [0.2, 0.25) is 0 Å². The smallest absolute Gasteiger partial charge is 0.358 e. The largest absolute Gasteiger partial charge is 0.476 e. The number of hydrogen-bond donors (Lipinski definition) is 1. The Morgan fingerprint density at radius 3 is 2.90 bits per heavy atom. The number of benzene rings is 1. The Labute approximate surface area is 123 Å².